The molecule has 4 aromatic carbocycles. The Morgan fingerprint density at radius 3 is 2.37 bits per heavy atom. The molecule has 166 valence electrons. The number of fused-ring (bicyclic) bond motifs is 10. The van der Waals surface area contributed by atoms with Gasteiger partial charge in [-0.05, 0) is 34.3 Å². The lowest BCUT2D eigenvalue weighted by molar-refractivity contribution is 1.01. The Hall–Kier alpha value is -3.60. The summed E-state index contributed by atoms with van der Waals surface area (Å²) in [4.78, 5) is 1.40. The van der Waals surface area contributed by atoms with Gasteiger partial charge in [-0.3, -0.25) is 0 Å². The summed E-state index contributed by atoms with van der Waals surface area (Å²) < 4.78 is 6.49. The summed E-state index contributed by atoms with van der Waals surface area (Å²) in [5.74, 6) is 0. The van der Waals surface area contributed by atoms with Crippen molar-refractivity contribution in [2.75, 3.05) is 0 Å². The van der Waals surface area contributed by atoms with Crippen LogP contribution < -0.4 is 10.5 Å². The Morgan fingerprint density at radius 1 is 0.686 bits per heavy atom. The number of nitrogens with zero attached hydrogens (tertiary/aromatic N) is 2. The standard InChI is InChI=1S/C31H22N2SSi/c1-32-21-12-8-11-19-26-18-10-5-7-14-24(18)35(2,3)31(26)33-29-20(15-16-22(32)28(29)27(19)21)25-17-9-4-6-13-23(17)34-30(25)33/h4-16H,1-3H3. The molecule has 4 aromatic heterocycles. The number of benzene rings is 4. The molecular formula is C31H22N2SSi. The van der Waals surface area contributed by atoms with Gasteiger partial charge in [-0.15, -0.1) is 11.3 Å². The third-order valence-electron chi connectivity index (χ3n) is 8.64. The van der Waals surface area contributed by atoms with E-state index < -0.39 is 8.07 Å². The van der Waals surface area contributed by atoms with Gasteiger partial charge in [-0.25, -0.2) is 0 Å². The summed E-state index contributed by atoms with van der Waals surface area (Å²) in [6, 6.07) is 29.8. The first-order chi connectivity index (χ1) is 17.1. The summed E-state index contributed by atoms with van der Waals surface area (Å²) in [5.41, 5.74) is 6.95. The Balaban J connectivity index is 1.75. The smallest absolute Gasteiger partial charge is 0.134 e. The second kappa shape index (κ2) is 5.78. The average molecular weight is 483 g/mol. The van der Waals surface area contributed by atoms with Crippen LogP contribution >= 0.6 is 11.3 Å². The van der Waals surface area contributed by atoms with Gasteiger partial charge in [0.15, 0.2) is 0 Å². The summed E-state index contributed by atoms with van der Waals surface area (Å²) in [6.45, 7) is 5.10. The highest BCUT2D eigenvalue weighted by Crippen LogP contribution is 2.48. The summed E-state index contributed by atoms with van der Waals surface area (Å²) in [6.07, 6.45) is 0. The fourth-order valence-electron chi connectivity index (χ4n) is 7.20. The molecule has 0 bridgehead atoms. The zero-order chi connectivity index (χ0) is 23.2. The Bertz CT molecular complexity index is 2200. The minimum Gasteiger partial charge on any atom is -0.344 e. The molecule has 0 saturated heterocycles. The molecule has 4 heteroatoms. The third-order valence-corrected chi connectivity index (χ3v) is 13.2. The van der Waals surface area contributed by atoms with E-state index in [0.29, 0.717) is 0 Å². The fraction of sp³-hybridized carbons (Fsp3) is 0.0968. The van der Waals surface area contributed by atoms with E-state index in [1.165, 1.54) is 69.5 Å². The number of aromatic nitrogens is 2. The molecule has 0 spiro atoms. The normalized spacial score (nSPS) is 14.9. The van der Waals surface area contributed by atoms with Crippen LogP contribution in [0.15, 0.2) is 78.9 Å². The van der Waals surface area contributed by atoms with Crippen LogP contribution in [0, 0.1) is 0 Å². The minimum atomic E-state index is -1.98. The van der Waals surface area contributed by atoms with Gasteiger partial charge in [0.1, 0.15) is 12.9 Å². The first-order valence-electron chi connectivity index (χ1n) is 12.3. The molecule has 0 fully saturated rings. The van der Waals surface area contributed by atoms with Crippen molar-refractivity contribution in [3.8, 4) is 11.1 Å². The molecule has 0 aliphatic carbocycles. The van der Waals surface area contributed by atoms with Crippen LogP contribution in [-0.4, -0.2) is 17.0 Å². The molecule has 0 atom stereocenters. The maximum atomic E-state index is 2.72. The van der Waals surface area contributed by atoms with Crippen molar-refractivity contribution in [2.45, 2.75) is 13.1 Å². The first-order valence-corrected chi connectivity index (χ1v) is 16.1. The predicted molar refractivity (Wildman–Crippen MR) is 155 cm³/mol. The van der Waals surface area contributed by atoms with E-state index in [0.717, 1.165) is 0 Å². The predicted octanol–water partition coefficient (Wildman–Crippen LogP) is 7.35. The van der Waals surface area contributed by atoms with Gasteiger partial charge in [-0.2, -0.15) is 0 Å². The zero-order valence-electron chi connectivity index (χ0n) is 19.8. The quantitative estimate of drug-likeness (QED) is 0.200. The highest BCUT2D eigenvalue weighted by Gasteiger charge is 2.41. The lowest BCUT2D eigenvalue weighted by atomic mass is 10.00. The highest BCUT2D eigenvalue weighted by molar-refractivity contribution is 7.26. The number of thiophene rings is 1. The van der Waals surface area contributed by atoms with E-state index in [-0.39, 0.29) is 0 Å². The first kappa shape index (κ1) is 18.7. The van der Waals surface area contributed by atoms with Crippen molar-refractivity contribution in [3.63, 3.8) is 0 Å². The molecule has 9 rings (SSSR count). The second-order valence-electron chi connectivity index (χ2n) is 10.6. The molecule has 0 saturated carbocycles. The number of rotatable bonds is 0. The van der Waals surface area contributed by atoms with Gasteiger partial charge in [0.2, 0.25) is 0 Å². The summed E-state index contributed by atoms with van der Waals surface area (Å²) in [5, 5.41) is 11.5. The van der Waals surface area contributed by atoms with E-state index in [2.05, 4.69) is 108 Å². The molecule has 0 unspecified atom stereocenters. The number of hydrogen-bond donors (Lipinski definition) is 0. The third kappa shape index (κ3) is 1.91. The van der Waals surface area contributed by atoms with Crippen LogP contribution in [-0.2, 0) is 7.05 Å². The molecule has 1 aliphatic rings. The van der Waals surface area contributed by atoms with Gasteiger partial charge in [-0.1, -0.05) is 73.8 Å². The molecule has 2 nitrogen and oxygen atoms in total. The van der Waals surface area contributed by atoms with Crippen LogP contribution in [0.1, 0.15) is 0 Å². The number of aryl methyl sites for hydroxylation is 1. The maximum absolute atomic E-state index is 2.72. The van der Waals surface area contributed by atoms with Crippen molar-refractivity contribution in [2.24, 2.45) is 7.05 Å². The lowest BCUT2D eigenvalue weighted by Crippen LogP contribution is -2.51. The topological polar surface area (TPSA) is 9.34 Å². The van der Waals surface area contributed by atoms with Crippen molar-refractivity contribution < 1.29 is 0 Å². The maximum Gasteiger partial charge on any atom is 0.134 e. The molecule has 1 aliphatic heterocycles. The van der Waals surface area contributed by atoms with Gasteiger partial charge in [0, 0.05) is 55.1 Å². The summed E-state index contributed by atoms with van der Waals surface area (Å²) in [7, 11) is 0.249. The monoisotopic (exact) mass is 482 g/mol. The molecule has 0 amide bonds. The fourth-order valence-corrected chi connectivity index (χ4v) is 11.8. The Labute approximate surface area is 207 Å². The largest absolute Gasteiger partial charge is 0.344 e. The van der Waals surface area contributed by atoms with Crippen LogP contribution in [0.3, 0.4) is 0 Å². The van der Waals surface area contributed by atoms with Crippen molar-refractivity contribution in [1.29, 1.82) is 0 Å². The SMILES string of the molecule is Cn1c2cccc3c4c(n5c6sc7ccccc7c6c6ccc1c(c32)c65)[Si](C)(C)c1ccccc1-4. The van der Waals surface area contributed by atoms with Crippen molar-refractivity contribution in [3.05, 3.63) is 78.9 Å². The van der Waals surface area contributed by atoms with Gasteiger partial charge in [0.05, 0.1) is 11.0 Å². The molecule has 8 aromatic rings. The van der Waals surface area contributed by atoms with Gasteiger partial charge < -0.3 is 8.97 Å². The second-order valence-corrected chi connectivity index (χ2v) is 15.9. The van der Waals surface area contributed by atoms with Crippen LogP contribution in [0.4, 0.5) is 0 Å². The minimum absolute atomic E-state index is 1.32. The van der Waals surface area contributed by atoms with E-state index in [9.17, 15) is 0 Å². The Kier molecular flexibility index (Phi) is 3.09. The average Bonchev–Trinajstić information content (AvgIpc) is 3.52. The van der Waals surface area contributed by atoms with E-state index in [1.807, 2.05) is 11.3 Å². The van der Waals surface area contributed by atoms with Gasteiger partial charge in [0.25, 0.3) is 0 Å². The Morgan fingerprint density at radius 2 is 1.46 bits per heavy atom. The van der Waals surface area contributed by atoms with Crippen molar-refractivity contribution >= 4 is 88.3 Å². The lowest BCUT2D eigenvalue weighted by Gasteiger charge is -2.20. The van der Waals surface area contributed by atoms with Gasteiger partial charge >= 0.3 is 0 Å². The molecule has 0 radical (unpaired) electrons. The van der Waals surface area contributed by atoms with E-state index in [1.54, 1.807) is 10.5 Å². The number of hydrogen-bond acceptors (Lipinski definition) is 1. The molecular weight excluding hydrogens is 461 g/mol. The van der Waals surface area contributed by atoms with E-state index in [4.69, 9.17) is 0 Å². The van der Waals surface area contributed by atoms with Crippen LogP contribution in [0.2, 0.25) is 13.1 Å². The summed E-state index contributed by atoms with van der Waals surface area (Å²) >= 11 is 1.96. The van der Waals surface area contributed by atoms with E-state index >= 15 is 0 Å². The molecule has 35 heavy (non-hydrogen) atoms. The molecule has 0 N–H and O–H groups in total. The molecule has 5 heterocycles. The highest BCUT2D eigenvalue weighted by atomic mass is 32.1. The van der Waals surface area contributed by atoms with Crippen LogP contribution in [0.25, 0.3) is 69.5 Å². The van der Waals surface area contributed by atoms with Crippen molar-refractivity contribution in [1.82, 2.24) is 8.97 Å². The van der Waals surface area contributed by atoms with Crippen LogP contribution in [0.5, 0.6) is 0 Å². The zero-order valence-corrected chi connectivity index (χ0v) is 21.6.